The zero-order chi connectivity index (χ0) is 32.2. The van der Waals surface area contributed by atoms with Gasteiger partial charge in [0.15, 0.2) is 0 Å². The van der Waals surface area contributed by atoms with Crippen LogP contribution >= 0.6 is 0 Å². The third-order valence-corrected chi connectivity index (χ3v) is 7.33. The summed E-state index contributed by atoms with van der Waals surface area (Å²) in [5.74, 6) is -3.96. The largest absolute Gasteiger partial charge is 0.492 e. The summed E-state index contributed by atoms with van der Waals surface area (Å²) in [7, 11) is 0. The molecule has 0 bridgehead atoms. The predicted molar refractivity (Wildman–Crippen MR) is 155 cm³/mol. The zero-order valence-electron chi connectivity index (χ0n) is 24.0. The van der Waals surface area contributed by atoms with E-state index in [1.165, 1.54) is 24.3 Å². The highest BCUT2D eigenvalue weighted by Crippen LogP contribution is 2.48. The molecule has 2 aliphatic rings. The Labute approximate surface area is 251 Å². The molecule has 0 atom stereocenters. The first-order chi connectivity index (χ1) is 20.8. The maximum Gasteiger partial charge on any atom is 0.333 e. The van der Waals surface area contributed by atoms with Crippen molar-refractivity contribution in [1.82, 2.24) is 9.80 Å². The Kier molecular flexibility index (Phi) is 9.12. The number of hydrogen-bond acceptors (Lipinski definition) is 9. The van der Waals surface area contributed by atoms with Gasteiger partial charge in [-0.3, -0.25) is 39.1 Å². The molecule has 14 heteroatoms. The maximum absolute atomic E-state index is 13.3. The van der Waals surface area contributed by atoms with Crippen molar-refractivity contribution in [3.8, 4) is 5.75 Å². The number of anilines is 1. The Bertz CT molecular complexity index is 1540. The molecule has 230 valence electrons. The number of nitrogens with zero attached hydrogens (tertiary/aromatic N) is 4. The topological polar surface area (TPSA) is 188 Å². The van der Waals surface area contributed by atoms with Crippen LogP contribution in [-0.2, 0) is 24.6 Å². The molecule has 0 saturated carbocycles. The molecule has 0 aliphatic carbocycles. The van der Waals surface area contributed by atoms with Gasteiger partial charge in [0.1, 0.15) is 17.9 Å². The number of fused-ring (bicyclic) bond motifs is 1. The number of benzene rings is 2. The van der Waals surface area contributed by atoms with Crippen LogP contribution in [-0.4, -0.2) is 81.0 Å². The molecule has 2 aromatic rings. The van der Waals surface area contributed by atoms with Gasteiger partial charge < -0.3 is 19.8 Å². The molecule has 4 rings (SSSR count). The van der Waals surface area contributed by atoms with Crippen LogP contribution in [0.5, 0.6) is 5.75 Å². The van der Waals surface area contributed by atoms with Gasteiger partial charge in [0.25, 0.3) is 17.5 Å². The van der Waals surface area contributed by atoms with Crippen LogP contribution in [0.3, 0.4) is 0 Å². The molecule has 2 heterocycles. The van der Waals surface area contributed by atoms with Crippen LogP contribution in [0.1, 0.15) is 32.3 Å². The number of carbonyl (C=O) groups is 5. The fourth-order valence-electron chi connectivity index (χ4n) is 5.11. The maximum atomic E-state index is 13.3. The highest BCUT2D eigenvalue weighted by atomic mass is 16.6. The van der Waals surface area contributed by atoms with Gasteiger partial charge in [0.2, 0.25) is 0 Å². The van der Waals surface area contributed by atoms with E-state index in [1.54, 1.807) is 18.2 Å². The molecule has 44 heavy (non-hydrogen) atoms. The summed E-state index contributed by atoms with van der Waals surface area (Å²) < 4.78 is 5.87. The SMILES string of the molecule is CC1(C)/C(=C\C=C2C(=O)N(CCC(=O)O)C(=O)N(CCC(=O)O)C2=O)N(CCOc2ccccc2)c2ccc([N+](=O)[O-])cc21. The molecule has 1 fully saturated rings. The van der Waals surface area contributed by atoms with E-state index in [9.17, 15) is 34.1 Å². The Morgan fingerprint density at radius 2 is 1.48 bits per heavy atom. The predicted octanol–water partition coefficient (Wildman–Crippen LogP) is 3.32. The first-order valence-corrected chi connectivity index (χ1v) is 13.6. The van der Waals surface area contributed by atoms with E-state index in [0.29, 0.717) is 32.5 Å². The minimum absolute atomic E-state index is 0.115. The second kappa shape index (κ2) is 12.8. The fourth-order valence-corrected chi connectivity index (χ4v) is 5.11. The number of carbonyl (C=O) groups excluding carboxylic acids is 3. The van der Waals surface area contributed by atoms with E-state index in [2.05, 4.69) is 0 Å². The first kappa shape index (κ1) is 31.4. The first-order valence-electron chi connectivity index (χ1n) is 13.6. The van der Waals surface area contributed by atoms with Gasteiger partial charge in [0.05, 0.1) is 24.3 Å². The summed E-state index contributed by atoms with van der Waals surface area (Å²) in [5, 5.41) is 29.8. The molecular weight excluding hydrogens is 576 g/mol. The van der Waals surface area contributed by atoms with Gasteiger partial charge in [-0.1, -0.05) is 32.0 Å². The van der Waals surface area contributed by atoms with E-state index in [4.69, 9.17) is 14.9 Å². The van der Waals surface area contributed by atoms with Crippen LogP contribution < -0.4 is 9.64 Å². The number of amides is 4. The van der Waals surface area contributed by atoms with Crippen LogP contribution in [0.2, 0.25) is 0 Å². The number of hydrogen-bond donors (Lipinski definition) is 2. The van der Waals surface area contributed by atoms with Crippen LogP contribution in [0, 0.1) is 10.1 Å². The second-order valence-electron chi connectivity index (χ2n) is 10.5. The van der Waals surface area contributed by atoms with Gasteiger partial charge in [-0.25, -0.2) is 4.79 Å². The molecule has 0 radical (unpaired) electrons. The quantitative estimate of drug-likeness (QED) is 0.156. The van der Waals surface area contributed by atoms with Crippen molar-refractivity contribution in [2.75, 3.05) is 31.1 Å². The van der Waals surface area contributed by atoms with Crippen LogP contribution in [0.15, 0.2) is 72.0 Å². The van der Waals surface area contributed by atoms with Crippen LogP contribution in [0.4, 0.5) is 16.2 Å². The number of imide groups is 2. The van der Waals surface area contributed by atoms with Crippen molar-refractivity contribution in [1.29, 1.82) is 0 Å². The Hall–Kier alpha value is -5.53. The molecule has 2 N–H and O–H groups in total. The number of barbiturate groups is 1. The lowest BCUT2D eigenvalue weighted by Crippen LogP contribution is -2.57. The molecule has 2 aliphatic heterocycles. The minimum Gasteiger partial charge on any atom is -0.492 e. The van der Waals surface area contributed by atoms with Crippen molar-refractivity contribution in [2.24, 2.45) is 0 Å². The van der Waals surface area contributed by atoms with Crippen molar-refractivity contribution in [3.05, 3.63) is 87.6 Å². The summed E-state index contributed by atoms with van der Waals surface area (Å²) in [5.41, 5.74) is 0.405. The summed E-state index contributed by atoms with van der Waals surface area (Å²) in [4.78, 5) is 75.9. The van der Waals surface area contributed by atoms with E-state index in [0.717, 1.165) is 0 Å². The normalized spacial score (nSPS) is 16.8. The average Bonchev–Trinajstić information content (AvgIpc) is 3.18. The summed E-state index contributed by atoms with van der Waals surface area (Å²) >= 11 is 0. The Morgan fingerprint density at radius 3 is 2.02 bits per heavy atom. The molecule has 0 unspecified atom stereocenters. The number of ether oxygens (including phenoxy) is 1. The molecule has 0 spiro atoms. The highest BCUT2D eigenvalue weighted by Gasteiger charge is 2.43. The van der Waals surface area contributed by atoms with Crippen molar-refractivity contribution in [2.45, 2.75) is 32.1 Å². The van der Waals surface area contributed by atoms with Gasteiger partial charge in [0, 0.05) is 42.0 Å². The highest BCUT2D eigenvalue weighted by molar-refractivity contribution is 6.29. The monoisotopic (exact) mass is 606 g/mol. The minimum atomic E-state index is -1.28. The summed E-state index contributed by atoms with van der Waals surface area (Å²) in [6, 6.07) is 12.4. The number of rotatable bonds is 12. The fraction of sp³-hybridized carbons (Fsp3) is 0.300. The Morgan fingerprint density at radius 1 is 0.886 bits per heavy atom. The number of para-hydroxylation sites is 1. The molecule has 0 aromatic heterocycles. The average molecular weight is 607 g/mol. The smallest absolute Gasteiger partial charge is 0.333 e. The summed E-state index contributed by atoms with van der Waals surface area (Å²) in [6.07, 6.45) is 1.55. The lowest BCUT2D eigenvalue weighted by Gasteiger charge is -2.33. The third-order valence-electron chi connectivity index (χ3n) is 7.33. The number of urea groups is 1. The van der Waals surface area contributed by atoms with E-state index in [1.807, 2.05) is 36.9 Å². The van der Waals surface area contributed by atoms with E-state index in [-0.39, 0.29) is 18.8 Å². The molecule has 4 amide bonds. The van der Waals surface area contributed by atoms with Gasteiger partial charge >= 0.3 is 18.0 Å². The molecule has 14 nitrogen and oxygen atoms in total. The number of aliphatic carboxylic acids is 2. The van der Waals surface area contributed by atoms with E-state index >= 15 is 0 Å². The second-order valence-corrected chi connectivity index (χ2v) is 10.5. The number of carboxylic acid groups (broad SMARTS) is 2. The van der Waals surface area contributed by atoms with Gasteiger partial charge in [-0.05, 0) is 35.9 Å². The van der Waals surface area contributed by atoms with Crippen molar-refractivity contribution in [3.63, 3.8) is 0 Å². The van der Waals surface area contributed by atoms with Gasteiger partial charge in [-0.2, -0.15) is 0 Å². The lowest BCUT2D eigenvalue weighted by atomic mass is 9.83. The number of carboxylic acids is 2. The Balaban J connectivity index is 1.75. The van der Waals surface area contributed by atoms with Crippen molar-refractivity contribution >= 4 is 41.2 Å². The number of nitro groups is 1. The number of allylic oxidation sites excluding steroid dienone is 3. The number of non-ortho nitro benzene ring substituents is 1. The third kappa shape index (κ3) is 6.43. The lowest BCUT2D eigenvalue weighted by molar-refractivity contribution is -0.384. The van der Waals surface area contributed by atoms with Gasteiger partial charge in [-0.15, -0.1) is 0 Å². The molecule has 2 aromatic carbocycles. The summed E-state index contributed by atoms with van der Waals surface area (Å²) in [6.45, 7) is 3.09. The molecular formula is C30H30N4O10. The molecule has 1 saturated heterocycles. The zero-order valence-corrected chi connectivity index (χ0v) is 24.0. The van der Waals surface area contributed by atoms with E-state index < -0.39 is 71.6 Å². The number of nitro benzene ring substituents is 1. The standard InChI is InChI=1S/C30H30N4O10/c1-30(2)22-18-19(34(42)43)8-10-23(22)31(16-17-44-20-6-4-3-5-7-20)24(30)11-9-21-27(39)32(14-12-25(35)36)29(41)33(28(21)40)15-13-26(37)38/h3-11,18H,12-17H2,1-2H3,(H,35,36)(H,37,38)/b24-11+. The van der Waals surface area contributed by atoms with Crippen molar-refractivity contribution < 1.29 is 43.8 Å². The van der Waals surface area contributed by atoms with Crippen LogP contribution in [0.25, 0.3) is 0 Å².